The molecule has 0 aliphatic heterocycles. The van der Waals surface area contributed by atoms with Crippen molar-refractivity contribution >= 4 is 18.0 Å². The first-order chi connectivity index (χ1) is 10.2. The van der Waals surface area contributed by atoms with Crippen LogP contribution in [0.5, 0.6) is 0 Å². The molecule has 0 saturated heterocycles. The fraction of sp³-hybridized carbons (Fsp3) is 0.812. The minimum Gasteiger partial charge on any atom is -0.456 e. The molecule has 0 unspecified atom stereocenters. The molecule has 0 heterocycles. The first-order valence-corrected chi connectivity index (χ1v) is 8.14. The lowest BCUT2D eigenvalue weighted by molar-refractivity contribution is -0.162. The predicted molar refractivity (Wildman–Crippen MR) is 77.7 cm³/mol. The van der Waals surface area contributed by atoms with E-state index in [4.69, 9.17) is 10.3 Å². The van der Waals surface area contributed by atoms with E-state index in [0.717, 1.165) is 25.7 Å². The molecule has 0 aromatic rings. The monoisotopic (exact) mass is 292 g/mol. The number of ether oxygens (including phenoxy) is 1. The van der Waals surface area contributed by atoms with Crippen molar-refractivity contribution in [2.75, 3.05) is 0 Å². The third-order valence-corrected chi connectivity index (χ3v) is 4.85. The Balaban J connectivity index is 2.04. The van der Waals surface area contributed by atoms with Gasteiger partial charge in [-0.05, 0) is 37.5 Å². The van der Waals surface area contributed by atoms with E-state index in [1.807, 2.05) is 0 Å². The van der Waals surface area contributed by atoms with Crippen LogP contribution in [0.1, 0.15) is 64.2 Å². The van der Waals surface area contributed by atoms with Crippen LogP contribution in [0.2, 0.25) is 0 Å². The fourth-order valence-corrected chi connectivity index (χ4v) is 3.79. The van der Waals surface area contributed by atoms with Crippen molar-refractivity contribution in [3.8, 4) is 0 Å². The number of esters is 1. The van der Waals surface area contributed by atoms with Gasteiger partial charge in [0.15, 0.2) is 0 Å². The molecule has 5 nitrogen and oxygen atoms in total. The second-order valence-corrected chi connectivity index (χ2v) is 6.27. The quantitative estimate of drug-likeness (QED) is 0.257. The van der Waals surface area contributed by atoms with Gasteiger partial charge >= 0.3 is 18.0 Å². The van der Waals surface area contributed by atoms with Crippen molar-refractivity contribution in [1.29, 1.82) is 0 Å². The average molecular weight is 292 g/mol. The van der Waals surface area contributed by atoms with Crippen LogP contribution < -0.4 is 0 Å². The molecule has 2 aliphatic rings. The summed E-state index contributed by atoms with van der Waals surface area (Å²) in [6.45, 7) is 0. The molecule has 0 aromatic heterocycles. The van der Waals surface area contributed by atoms with Crippen molar-refractivity contribution in [2.24, 2.45) is 11.8 Å². The summed E-state index contributed by atoms with van der Waals surface area (Å²) in [6, 6.07) is 0. The van der Waals surface area contributed by atoms with Gasteiger partial charge in [0.1, 0.15) is 6.10 Å². The SMILES string of the molecule is [N-]=[N+]=CC(=O)C(=O)OC(C1CCCCC1)C1CCCCC1. The van der Waals surface area contributed by atoms with E-state index < -0.39 is 11.8 Å². The van der Waals surface area contributed by atoms with Gasteiger partial charge in [0, 0.05) is 0 Å². The third kappa shape index (κ3) is 4.50. The van der Waals surface area contributed by atoms with Gasteiger partial charge in [-0.1, -0.05) is 38.5 Å². The van der Waals surface area contributed by atoms with Crippen molar-refractivity contribution in [3.63, 3.8) is 0 Å². The highest BCUT2D eigenvalue weighted by atomic mass is 16.5. The molecule has 21 heavy (non-hydrogen) atoms. The van der Waals surface area contributed by atoms with E-state index in [-0.39, 0.29) is 6.10 Å². The van der Waals surface area contributed by atoms with Crippen molar-refractivity contribution in [2.45, 2.75) is 70.3 Å². The Hall–Kier alpha value is -1.48. The standard InChI is InChI=1S/C16H24N2O3/c17-18-11-14(19)16(20)21-15(12-7-3-1-4-8-12)13-9-5-2-6-10-13/h11-13,15H,1-10H2. The molecule has 0 N–H and O–H groups in total. The maximum absolute atomic E-state index is 11.9. The lowest BCUT2D eigenvalue weighted by atomic mass is 9.75. The van der Waals surface area contributed by atoms with Crippen molar-refractivity contribution in [1.82, 2.24) is 0 Å². The Morgan fingerprint density at radius 2 is 1.43 bits per heavy atom. The van der Waals surface area contributed by atoms with Crippen LogP contribution in [-0.2, 0) is 14.3 Å². The maximum Gasteiger partial charge on any atom is 0.387 e. The molecule has 2 aliphatic carbocycles. The fourth-order valence-electron chi connectivity index (χ4n) is 3.79. The first kappa shape index (κ1) is 15.9. The summed E-state index contributed by atoms with van der Waals surface area (Å²) in [5.41, 5.74) is 8.36. The van der Waals surface area contributed by atoms with Gasteiger partial charge in [0.2, 0.25) is 0 Å². The summed E-state index contributed by atoms with van der Waals surface area (Å²) < 4.78 is 5.55. The smallest absolute Gasteiger partial charge is 0.387 e. The minimum atomic E-state index is -0.881. The number of hydrogen-bond donors (Lipinski definition) is 0. The predicted octanol–water partition coefficient (Wildman–Crippen LogP) is 2.93. The van der Waals surface area contributed by atoms with Crippen LogP contribution in [-0.4, -0.2) is 28.9 Å². The number of nitrogens with zero attached hydrogens (tertiary/aromatic N) is 2. The zero-order chi connectivity index (χ0) is 15.1. The van der Waals surface area contributed by atoms with Crippen LogP contribution in [0.25, 0.3) is 5.53 Å². The largest absolute Gasteiger partial charge is 0.456 e. The van der Waals surface area contributed by atoms with Crippen molar-refractivity contribution < 1.29 is 19.1 Å². The van der Waals surface area contributed by atoms with Crippen LogP contribution >= 0.6 is 0 Å². The molecule has 2 saturated carbocycles. The molecule has 0 bridgehead atoms. The number of hydrogen-bond acceptors (Lipinski definition) is 3. The Morgan fingerprint density at radius 3 is 1.86 bits per heavy atom. The summed E-state index contributed by atoms with van der Waals surface area (Å²) in [7, 11) is 0. The molecule has 0 amide bonds. The van der Waals surface area contributed by atoms with E-state index >= 15 is 0 Å². The molecular weight excluding hydrogens is 268 g/mol. The van der Waals surface area contributed by atoms with E-state index in [1.54, 1.807) is 0 Å². The number of ketones is 1. The number of carbonyl (C=O) groups excluding carboxylic acids is 2. The maximum atomic E-state index is 11.9. The summed E-state index contributed by atoms with van der Waals surface area (Å²) >= 11 is 0. The first-order valence-electron chi connectivity index (χ1n) is 8.14. The summed E-state index contributed by atoms with van der Waals surface area (Å²) in [6.07, 6.45) is 12.0. The van der Waals surface area contributed by atoms with Gasteiger partial charge in [-0.2, -0.15) is 4.79 Å². The lowest BCUT2D eigenvalue weighted by Gasteiger charge is -2.36. The van der Waals surface area contributed by atoms with E-state index in [0.29, 0.717) is 18.1 Å². The van der Waals surface area contributed by atoms with Gasteiger partial charge in [-0.15, -0.1) is 0 Å². The Kier molecular flexibility index (Phi) is 6.12. The topological polar surface area (TPSA) is 79.8 Å². The molecule has 0 radical (unpaired) electrons. The van der Waals surface area contributed by atoms with Gasteiger partial charge in [0.05, 0.1) is 0 Å². The highest BCUT2D eigenvalue weighted by Crippen LogP contribution is 2.37. The number of Topliss-reactive ketones (excluding diaryl/α,β-unsaturated/α-hetero) is 1. The molecule has 5 heteroatoms. The molecule has 116 valence electrons. The molecular formula is C16H24N2O3. The van der Waals surface area contributed by atoms with E-state index in [1.165, 1.54) is 38.5 Å². The molecule has 0 aromatic carbocycles. The van der Waals surface area contributed by atoms with E-state index in [9.17, 15) is 9.59 Å². The average Bonchev–Trinajstić information content (AvgIpc) is 2.54. The second-order valence-electron chi connectivity index (χ2n) is 6.27. The number of rotatable bonds is 5. The van der Waals surface area contributed by atoms with Crippen LogP contribution in [0.15, 0.2) is 0 Å². The Morgan fingerprint density at radius 1 is 0.952 bits per heavy atom. The lowest BCUT2D eigenvalue weighted by Crippen LogP contribution is -2.38. The van der Waals surface area contributed by atoms with Gasteiger partial charge in [-0.3, -0.25) is 4.79 Å². The van der Waals surface area contributed by atoms with Gasteiger partial charge < -0.3 is 10.3 Å². The third-order valence-electron chi connectivity index (χ3n) is 4.85. The Labute approximate surface area is 125 Å². The van der Waals surface area contributed by atoms with Crippen LogP contribution in [0, 0.1) is 11.8 Å². The summed E-state index contributed by atoms with van der Waals surface area (Å²) in [4.78, 5) is 25.9. The molecule has 2 rings (SSSR count). The zero-order valence-corrected chi connectivity index (χ0v) is 12.5. The van der Waals surface area contributed by atoms with Crippen LogP contribution in [0.3, 0.4) is 0 Å². The zero-order valence-electron chi connectivity index (χ0n) is 12.5. The highest BCUT2D eigenvalue weighted by Gasteiger charge is 2.35. The highest BCUT2D eigenvalue weighted by molar-refractivity contribution is 6.55. The van der Waals surface area contributed by atoms with Gasteiger partial charge in [-0.25, -0.2) is 4.79 Å². The van der Waals surface area contributed by atoms with E-state index in [2.05, 4.69) is 4.79 Å². The van der Waals surface area contributed by atoms with Crippen molar-refractivity contribution in [3.05, 3.63) is 5.53 Å². The Bertz CT molecular complexity index is 399. The van der Waals surface area contributed by atoms with Gasteiger partial charge in [0.25, 0.3) is 0 Å². The summed E-state index contributed by atoms with van der Waals surface area (Å²) in [5.74, 6) is -1.00. The second kappa shape index (κ2) is 8.08. The normalized spacial score (nSPS) is 20.8. The molecule has 2 fully saturated rings. The number of carbonyl (C=O) groups is 2. The molecule has 0 spiro atoms. The van der Waals surface area contributed by atoms with Crippen LogP contribution in [0.4, 0.5) is 0 Å². The molecule has 0 atom stereocenters. The summed E-state index contributed by atoms with van der Waals surface area (Å²) in [5, 5.41) is 0. The minimum absolute atomic E-state index is 0.144.